The Kier molecular flexibility index (Phi) is 10.9. The Morgan fingerprint density at radius 2 is 1.76 bits per heavy atom. The molecular weight excluding hydrogens is 855 g/mol. The van der Waals surface area contributed by atoms with Crippen molar-refractivity contribution in [3.8, 4) is 11.1 Å². The molecule has 5 aliphatic rings. The number of aromatic nitrogens is 4. The fourth-order valence-corrected chi connectivity index (χ4v) is 10.6. The molecule has 0 saturated carbocycles. The lowest BCUT2D eigenvalue weighted by atomic mass is 9.90. The second-order valence-electron chi connectivity index (χ2n) is 19.0. The van der Waals surface area contributed by atoms with Crippen molar-refractivity contribution >= 4 is 58.2 Å². The van der Waals surface area contributed by atoms with E-state index in [4.69, 9.17) is 0 Å². The molecule has 346 valence electrons. The summed E-state index contributed by atoms with van der Waals surface area (Å²) in [6, 6.07) is 13.8. The van der Waals surface area contributed by atoms with Gasteiger partial charge in [0.2, 0.25) is 17.7 Å². The Hall–Kier alpha value is -7.34. The highest BCUT2D eigenvalue weighted by molar-refractivity contribution is 6.07. The third-order valence-corrected chi connectivity index (χ3v) is 13.9. The van der Waals surface area contributed by atoms with Crippen LogP contribution in [0.5, 0.6) is 0 Å². The maximum atomic E-state index is 14.0. The molecule has 8 heterocycles. The predicted molar refractivity (Wildman–Crippen MR) is 250 cm³/mol. The van der Waals surface area contributed by atoms with Crippen LogP contribution < -0.4 is 31.3 Å². The molecule has 0 radical (unpaired) electrons. The Morgan fingerprint density at radius 1 is 0.925 bits per heavy atom. The molecule has 2 saturated heterocycles. The van der Waals surface area contributed by atoms with Gasteiger partial charge in [-0.15, -0.1) is 0 Å². The van der Waals surface area contributed by atoms with Crippen molar-refractivity contribution in [2.45, 2.75) is 78.2 Å². The van der Waals surface area contributed by atoms with E-state index in [1.165, 1.54) is 20.7 Å². The Balaban J connectivity index is 0.780. The SMILES string of the molecule is C[C@H]1CN(C(=O)CNc2cccc3c2CN(C2CCC(=O)NC2=O)C3=O)CCN1c1ccc(Nc2cc(-c3ccnc(N4CCn5c(cc6c5CC(C)(C)C6)C4=O)c3CO)cn(C)c2=O)nc1. The number of benzene rings is 1. The molecule has 10 rings (SSSR count). The van der Waals surface area contributed by atoms with Gasteiger partial charge in [-0.05, 0) is 85.2 Å². The normalized spacial score (nSPS) is 19.9. The number of aryl methyl sites for hydroxylation is 1. The minimum absolute atomic E-state index is 0.0234. The van der Waals surface area contributed by atoms with E-state index >= 15 is 0 Å². The summed E-state index contributed by atoms with van der Waals surface area (Å²) in [6.07, 6.45) is 7.36. The zero-order valence-corrected chi connectivity index (χ0v) is 38.0. The van der Waals surface area contributed by atoms with E-state index in [1.807, 2.05) is 30.0 Å². The lowest BCUT2D eigenvalue weighted by molar-refractivity contribution is -0.137. The van der Waals surface area contributed by atoms with Crippen LogP contribution in [0.2, 0.25) is 0 Å². The van der Waals surface area contributed by atoms with Gasteiger partial charge < -0.3 is 39.6 Å². The van der Waals surface area contributed by atoms with Crippen LogP contribution in [0.1, 0.15) is 76.8 Å². The number of piperazine rings is 1. The molecule has 18 heteroatoms. The number of hydrogen-bond acceptors (Lipinski definition) is 12. The molecule has 5 aromatic rings. The van der Waals surface area contributed by atoms with Gasteiger partial charge in [0.15, 0.2) is 0 Å². The Morgan fingerprint density at radius 3 is 2.52 bits per heavy atom. The number of nitrogens with zero attached hydrogens (tertiary/aromatic N) is 8. The van der Waals surface area contributed by atoms with Crippen molar-refractivity contribution < 1.29 is 29.1 Å². The summed E-state index contributed by atoms with van der Waals surface area (Å²) in [5.74, 6) is -0.480. The minimum Gasteiger partial charge on any atom is -0.392 e. The molecule has 2 atom stereocenters. The number of piperidine rings is 1. The van der Waals surface area contributed by atoms with E-state index in [2.05, 4.69) is 49.2 Å². The number of imide groups is 1. The zero-order valence-electron chi connectivity index (χ0n) is 38.0. The maximum absolute atomic E-state index is 14.0. The molecule has 4 aromatic heterocycles. The minimum atomic E-state index is -0.725. The lowest BCUT2D eigenvalue weighted by Crippen LogP contribution is -2.54. The van der Waals surface area contributed by atoms with Crippen LogP contribution in [0.15, 0.2) is 71.9 Å². The summed E-state index contributed by atoms with van der Waals surface area (Å²) in [5.41, 5.74) is 7.76. The van der Waals surface area contributed by atoms with Gasteiger partial charge in [-0.2, -0.15) is 0 Å². The average Bonchev–Trinajstić information content (AvgIpc) is 3.94. The van der Waals surface area contributed by atoms with Crippen LogP contribution in [0.3, 0.4) is 0 Å². The monoisotopic (exact) mass is 907 g/mol. The fraction of sp³-hybridized carbons (Fsp3) is 0.388. The molecule has 18 nitrogen and oxygen atoms in total. The second kappa shape index (κ2) is 16.8. The first-order chi connectivity index (χ1) is 32.2. The molecular formula is C49H53N11O7. The third kappa shape index (κ3) is 7.87. The fourth-order valence-electron chi connectivity index (χ4n) is 10.6. The zero-order chi connectivity index (χ0) is 46.9. The number of amides is 5. The highest BCUT2D eigenvalue weighted by Crippen LogP contribution is 2.40. The molecule has 0 spiro atoms. The first-order valence-electron chi connectivity index (χ1n) is 22.8. The summed E-state index contributed by atoms with van der Waals surface area (Å²) in [4.78, 5) is 94.9. The Bertz CT molecular complexity index is 2940. The van der Waals surface area contributed by atoms with Gasteiger partial charge >= 0.3 is 0 Å². The van der Waals surface area contributed by atoms with Crippen LogP contribution in [-0.4, -0.2) is 108 Å². The van der Waals surface area contributed by atoms with Crippen LogP contribution in [0.25, 0.3) is 11.1 Å². The largest absolute Gasteiger partial charge is 0.392 e. The summed E-state index contributed by atoms with van der Waals surface area (Å²) in [6.45, 7) is 8.98. The number of aliphatic hydroxyl groups excluding tert-OH is 1. The number of rotatable bonds is 10. The van der Waals surface area contributed by atoms with Crippen molar-refractivity contribution in [3.63, 3.8) is 0 Å². The summed E-state index contributed by atoms with van der Waals surface area (Å²) in [7, 11) is 1.66. The van der Waals surface area contributed by atoms with E-state index in [0.29, 0.717) is 78.0 Å². The molecule has 1 aliphatic carbocycles. The first kappa shape index (κ1) is 43.5. The van der Waals surface area contributed by atoms with Crippen LogP contribution >= 0.6 is 0 Å². The topological polar surface area (TPSA) is 207 Å². The van der Waals surface area contributed by atoms with Crippen LogP contribution in [-0.2, 0) is 54.0 Å². The first-order valence-corrected chi connectivity index (χ1v) is 22.8. The van der Waals surface area contributed by atoms with Crippen molar-refractivity contribution in [1.82, 2.24) is 34.2 Å². The lowest BCUT2D eigenvalue weighted by Gasteiger charge is -2.41. The van der Waals surface area contributed by atoms with Gasteiger partial charge in [0.05, 0.1) is 25.0 Å². The van der Waals surface area contributed by atoms with Crippen LogP contribution in [0.4, 0.5) is 28.7 Å². The number of anilines is 5. The van der Waals surface area contributed by atoms with Gasteiger partial charge in [-0.25, -0.2) is 9.97 Å². The highest BCUT2D eigenvalue weighted by atomic mass is 16.3. The molecule has 1 unspecified atom stereocenters. The van der Waals surface area contributed by atoms with E-state index in [-0.39, 0.29) is 78.9 Å². The number of fused-ring (bicyclic) bond motifs is 4. The third-order valence-electron chi connectivity index (χ3n) is 13.9. The van der Waals surface area contributed by atoms with Gasteiger partial charge in [0, 0.05) is 105 Å². The summed E-state index contributed by atoms with van der Waals surface area (Å²) in [5, 5.41) is 19.5. The molecule has 1 aromatic carbocycles. The quantitative estimate of drug-likeness (QED) is 0.149. The van der Waals surface area contributed by atoms with E-state index in [0.717, 1.165) is 24.1 Å². The van der Waals surface area contributed by atoms with Crippen molar-refractivity contribution in [2.75, 3.05) is 53.2 Å². The molecule has 0 bridgehead atoms. The molecule has 2 fully saturated rings. The summed E-state index contributed by atoms with van der Waals surface area (Å²) >= 11 is 0. The van der Waals surface area contributed by atoms with Crippen LogP contribution in [0, 0.1) is 5.41 Å². The highest BCUT2D eigenvalue weighted by Gasteiger charge is 2.41. The molecule has 67 heavy (non-hydrogen) atoms. The maximum Gasteiger partial charge on any atom is 0.276 e. The number of carbonyl (C=O) groups excluding carboxylic acids is 5. The predicted octanol–water partition coefficient (Wildman–Crippen LogP) is 3.58. The van der Waals surface area contributed by atoms with Gasteiger partial charge in [0.1, 0.15) is 29.1 Å². The smallest absolute Gasteiger partial charge is 0.276 e. The van der Waals surface area contributed by atoms with E-state index in [1.54, 1.807) is 60.9 Å². The molecule has 5 amide bonds. The van der Waals surface area contributed by atoms with Crippen molar-refractivity contribution in [3.05, 3.63) is 111 Å². The van der Waals surface area contributed by atoms with Crippen molar-refractivity contribution in [2.24, 2.45) is 12.5 Å². The van der Waals surface area contributed by atoms with Crippen molar-refractivity contribution in [1.29, 1.82) is 0 Å². The van der Waals surface area contributed by atoms with Gasteiger partial charge in [0.25, 0.3) is 17.4 Å². The van der Waals surface area contributed by atoms with Gasteiger partial charge in [-0.3, -0.25) is 39.0 Å². The van der Waals surface area contributed by atoms with E-state index in [9.17, 15) is 33.9 Å². The number of nitrogens with one attached hydrogen (secondary N) is 3. The number of carbonyl (C=O) groups is 5. The summed E-state index contributed by atoms with van der Waals surface area (Å²) < 4.78 is 3.62. The number of pyridine rings is 3. The van der Waals surface area contributed by atoms with E-state index < -0.39 is 11.9 Å². The molecule has 4 aliphatic heterocycles. The standard InChI is InChI=1S/C49H53N11O7/c1-28-24-56(43(63)23-51-36-7-5-6-33-34(36)26-60(46(33)65)38-9-11-42(62)54-45(38)64)14-15-57(28)31-8-10-41(52-22-31)53-37-18-30(25-55(4)47(37)66)32-12-13-50-44(35(32)27-61)59-17-16-58-39(48(59)67)19-29-20-49(2,3)21-40(29)58/h5-8,10,12-13,18-19,22,25,28,38,51,61H,9,11,14-17,20-21,23-24,26-27H2,1-4H3,(H,52,53)(H,54,62,64)/t28-,38?/m0/s1. The van der Waals surface area contributed by atoms with Gasteiger partial charge in [-0.1, -0.05) is 19.9 Å². The number of hydrogen-bond donors (Lipinski definition) is 4. The Labute approximate surface area is 386 Å². The number of aliphatic hydroxyl groups is 1. The molecule has 4 N–H and O–H groups in total. The average molecular weight is 908 g/mol. The second-order valence-corrected chi connectivity index (χ2v) is 19.0.